The van der Waals surface area contributed by atoms with Gasteiger partial charge >= 0.3 is 5.97 Å². The normalized spacial score (nSPS) is 14.0. The molecule has 1 aromatic heterocycles. The Labute approximate surface area is 159 Å². The largest absolute Gasteiger partial charge is 0.465 e. The minimum atomic E-state index is -3.50. The number of sulfonamides is 1. The standard InChI is InChI=1S/C19H23N3O4S/c1-4-27(24,25)22(12-16-9-8-14(10-20-16)19(23)26-3)18-7-5-6-15-11-21(2)13-17(15)18/h5-10H,4,11-13H2,1-3H3. The second-order valence-electron chi connectivity index (χ2n) is 6.52. The van der Waals surface area contributed by atoms with Crippen molar-refractivity contribution in [3.05, 3.63) is 58.9 Å². The summed E-state index contributed by atoms with van der Waals surface area (Å²) in [5, 5.41) is 0. The van der Waals surface area contributed by atoms with Crippen LogP contribution in [-0.2, 0) is 34.4 Å². The Morgan fingerprint density at radius 2 is 2.04 bits per heavy atom. The predicted molar refractivity (Wildman–Crippen MR) is 103 cm³/mol. The van der Waals surface area contributed by atoms with E-state index in [1.54, 1.807) is 19.1 Å². The third-order valence-corrected chi connectivity index (χ3v) is 6.36. The fraction of sp³-hybridized carbons (Fsp3) is 0.368. The molecule has 0 bridgehead atoms. The van der Waals surface area contributed by atoms with Crippen LogP contribution in [0.3, 0.4) is 0 Å². The summed E-state index contributed by atoms with van der Waals surface area (Å²) >= 11 is 0. The minimum absolute atomic E-state index is 0.00719. The third kappa shape index (κ3) is 3.96. The van der Waals surface area contributed by atoms with Crippen LogP contribution < -0.4 is 4.31 Å². The zero-order chi connectivity index (χ0) is 19.6. The third-order valence-electron chi connectivity index (χ3n) is 4.64. The number of aromatic nitrogens is 1. The van der Waals surface area contributed by atoms with Gasteiger partial charge in [-0.3, -0.25) is 14.2 Å². The van der Waals surface area contributed by atoms with Crippen LogP contribution in [0.4, 0.5) is 5.69 Å². The molecule has 0 aliphatic carbocycles. The molecule has 2 heterocycles. The molecular formula is C19H23N3O4S. The van der Waals surface area contributed by atoms with E-state index in [4.69, 9.17) is 0 Å². The number of esters is 1. The van der Waals surface area contributed by atoms with Crippen molar-refractivity contribution in [1.82, 2.24) is 9.88 Å². The van der Waals surface area contributed by atoms with Crippen LogP contribution >= 0.6 is 0 Å². The summed E-state index contributed by atoms with van der Waals surface area (Å²) in [7, 11) is -0.185. The van der Waals surface area contributed by atoms with E-state index in [0.717, 1.165) is 17.7 Å². The number of carbonyl (C=O) groups excluding carboxylic acids is 1. The molecule has 3 rings (SSSR count). The van der Waals surface area contributed by atoms with Gasteiger partial charge in [0.2, 0.25) is 10.0 Å². The van der Waals surface area contributed by atoms with E-state index in [1.807, 2.05) is 25.2 Å². The maximum Gasteiger partial charge on any atom is 0.339 e. The monoisotopic (exact) mass is 389 g/mol. The number of carbonyl (C=O) groups is 1. The summed E-state index contributed by atoms with van der Waals surface area (Å²) in [6.07, 6.45) is 1.40. The van der Waals surface area contributed by atoms with E-state index in [0.29, 0.717) is 23.5 Å². The molecule has 7 nitrogen and oxygen atoms in total. The summed E-state index contributed by atoms with van der Waals surface area (Å²) < 4.78 is 31.7. The van der Waals surface area contributed by atoms with Gasteiger partial charge in [-0.05, 0) is 43.3 Å². The van der Waals surface area contributed by atoms with E-state index < -0.39 is 16.0 Å². The van der Waals surface area contributed by atoms with E-state index >= 15 is 0 Å². The van der Waals surface area contributed by atoms with Crippen molar-refractivity contribution in [3.8, 4) is 0 Å². The van der Waals surface area contributed by atoms with Crippen molar-refractivity contribution >= 4 is 21.7 Å². The Hall–Kier alpha value is -2.45. The first-order valence-electron chi connectivity index (χ1n) is 8.68. The van der Waals surface area contributed by atoms with Crippen molar-refractivity contribution in [2.24, 2.45) is 0 Å². The highest BCUT2D eigenvalue weighted by molar-refractivity contribution is 7.92. The van der Waals surface area contributed by atoms with Crippen LogP contribution in [0, 0.1) is 0 Å². The van der Waals surface area contributed by atoms with Gasteiger partial charge in [-0.25, -0.2) is 13.2 Å². The van der Waals surface area contributed by atoms with Crippen molar-refractivity contribution in [2.75, 3.05) is 24.2 Å². The van der Waals surface area contributed by atoms with Gasteiger partial charge < -0.3 is 4.74 Å². The maximum absolute atomic E-state index is 12.8. The second-order valence-corrected chi connectivity index (χ2v) is 8.71. The number of fused-ring (bicyclic) bond motifs is 1. The fourth-order valence-electron chi connectivity index (χ4n) is 3.20. The SMILES string of the molecule is CCS(=O)(=O)N(Cc1ccc(C(=O)OC)cn1)c1cccc2c1CN(C)C2. The molecule has 27 heavy (non-hydrogen) atoms. The Balaban J connectivity index is 1.97. The Morgan fingerprint density at radius 1 is 1.26 bits per heavy atom. The zero-order valence-electron chi connectivity index (χ0n) is 15.7. The number of ether oxygens (including phenoxy) is 1. The maximum atomic E-state index is 12.8. The quantitative estimate of drug-likeness (QED) is 0.705. The van der Waals surface area contributed by atoms with Gasteiger partial charge in [0, 0.05) is 19.3 Å². The van der Waals surface area contributed by atoms with Gasteiger partial charge in [-0.1, -0.05) is 12.1 Å². The predicted octanol–water partition coefficient (Wildman–Crippen LogP) is 2.17. The fourth-order valence-corrected chi connectivity index (χ4v) is 4.31. The molecule has 0 atom stereocenters. The van der Waals surface area contributed by atoms with Crippen molar-refractivity contribution in [1.29, 1.82) is 0 Å². The number of rotatable bonds is 6. The first-order valence-corrected chi connectivity index (χ1v) is 10.3. The van der Waals surface area contributed by atoms with Gasteiger partial charge in [0.25, 0.3) is 0 Å². The molecule has 1 aliphatic heterocycles. The van der Waals surface area contributed by atoms with E-state index in [9.17, 15) is 13.2 Å². The number of hydrogen-bond acceptors (Lipinski definition) is 6. The highest BCUT2D eigenvalue weighted by Crippen LogP contribution is 2.33. The molecule has 1 aliphatic rings. The van der Waals surface area contributed by atoms with Gasteiger partial charge in [0.1, 0.15) is 0 Å². The van der Waals surface area contributed by atoms with Crippen LogP contribution in [0.1, 0.15) is 34.1 Å². The van der Waals surface area contributed by atoms with Crippen LogP contribution in [0.15, 0.2) is 36.5 Å². The Bertz CT molecular complexity index is 942. The number of benzene rings is 1. The van der Waals surface area contributed by atoms with Gasteiger partial charge in [-0.15, -0.1) is 0 Å². The molecule has 0 amide bonds. The molecule has 0 saturated carbocycles. The molecule has 2 aromatic rings. The molecule has 0 fully saturated rings. The number of methoxy groups -OCH3 is 1. The number of anilines is 1. The molecule has 0 spiro atoms. The summed E-state index contributed by atoms with van der Waals surface area (Å²) in [5.74, 6) is -0.483. The number of hydrogen-bond donors (Lipinski definition) is 0. The molecule has 0 N–H and O–H groups in total. The molecule has 8 heteroatoms. The van der Waals surface area contributed by atoms with Crippen LogP contribution in [0.25, 0.3) is 0 Å². The summed E-state index contributed by atoms with van der Waals surface area (Å²) in [5.41, 5.74) is 3.75. The molecule has 144 valence electrons. The van der Waals surface area contributed by atoms with Crippen molar-refractivity contribution in [2.45, 2.75) is 26.6 Å². The lowest BCUT2D eigenvalue weighted by Crippen LogP contribution is -2.33. The van der Waals surface area contributed by atoms with Gasteiger partial charge in [0.15, 0.2) is 0 Å². The summed E-state index contributed by atoms with van der Waals surface area (Å²) in [6.45, 7) is 3.24. The highest BCUT2D eigenvalue weighted by Gasteiger charge is 2.28. The van der Waals surface area contributed by atoms with Gasteiger partial charge in [-0.2, -0.15) is 0 Å². The van der Waals surface area contributed by atoms with Gasteiger partial charge in [0.05, 0.1) is 36.4 Å². The van der Waals surface area contributed by atoms with E-state index in [-0.39, 0.29) is 12.3 Å². The highest BCUT2D eigenvalue weighted by atomic mass is 32.2. The Kier molecular flexibility index (Phi) is 5.48. The lowest BCUT2D eigenvalue weighted by Gasteiger charge is -2.26. The molecule has 0 unspecified atom stereocenters. The smallest absolute Gasteiger partial charge is 0.339 e. The topological polar surface area (TPSA) is 79.8 Å². The first-order chi connectivity index (χ1) is 12.9. The molecule has 0 saturated heterocycles. The van der Waals surface area contributed by atoms with Crippen molar-refractivity contribution in [3.63, 3.8) is 0 Å². The molecule has 0 radical (unpaired) electrons. The molecular weight excluding hydrogens is 366 g/mol. The zero-order valence-corrected chi connectivity index (χ0v) is 16.5. The van der Waals surface area contributed by atoms with Crippen LogP contribution in [0.5, 0.6) is 0 Å². The molecule has 1 aromatic carbocycles. The lowest BCUT2D eigenvalue weighted by molar-refractivity contribution is 0.0600. The average Bonchev–Trinajstić information content (AvgIpc) is 3.06. The van der Waals surface area contributed by atoms with Crippen molar-refractivity contribution < 1.29 is 17.9 Å². The lowest BCUT2D eigenvalue weighted by atomic mass is 10.1. The Morgan fingerprint density at radius 3 is 2.67 bits per heavy atom. The summed E-state index contributed by atoms with van der Waals surface area (Å²) in [6, 6.07) is 9.00. The number of nitrogens with zero attached hydrogens (tertiary/aromatic N) is 3. The summed E-state index contributed by atoms with van der Waals surface area (Å²) in [4.78, 5) is 18.0. The van der Waals surface area contributed by atoms with Crippen LogP contribution in [-0.4, -0.2) is 44.2 Å². The minimum Gasteiger partial charge on any atom is -0.465 e. The second kappa shape index (κ2) is 7.66. The van der Waals surface area contributed by atoms with Crippen LogP contribution in [0.2, 0.25) is 0 Å². The van der Waals surface area contributed by atoms with E-state index in [1.165, 1.54) is 17.6 Å². The number of pyridine rings is 1. The van der Waals surface area contributed by atoms with E-state index in [2.05, 4.69) is 14.6 Å². The first kappa shape index (κ1) is 19.3. The average molecular weight is 389 g/mol.